The van der Waals surface area contributed by atoms with Crippen LogP contribution in [0.2, 0.25) is 0 Å². The first-order valence-electron chi connectivity index (χ1n) is 6.19. The summed E-state index contributed by atoms with van der Waals surface area (Å²) in [5.74, 6) is 1.61. The zero-order chi connectivity index (χ0) is 14.4. The Morgan fingerprint density at radius 3 is 2.30 bits per heavy atom. The first kappa shape index (κ1) is 15.4. The van der Waals surface area contributed by atoms with E-state index in [1.807, 2.05) is 42.5 Å². The average Bonchev–Trinajstić information content (AvgIpc) is 2.46. The number of ether oxygens (including phenoxy) is 2. The van der Waals surface area contributed by atoms with E-state index in [0.717, 1.165) is 26.0 Å². The molecule has 5 heteroatoms. The van der Waals surface area contributed by atoms with Gasteiger partial charge in [0.15, 0.2) is 0 Å². The van der Waals surface area contributed by atoms with Crippen molar-refractivity contribution in [1.29, 1.82) is 0 Å². The quantitative estimate of drug-likeness (QED) is 0.741. The second-order valence-electron chi connectivity index (χ2n) is 4.08. The Hall–Kier alpha value is -1.04. The highest BCUT2D eigenvalue weighted by Gasteiger charge is 2.03. The Balaban J connectivity index is 1.84. The van der Waals surface area contributed by atoms with Crippen LogP contribution in [0.25, 0.3) is 0 Å². The maximum Gasteiger partial charge on any atom is 0.133 e. The largest absolute Gasteiger partial charge is 0.490 e. The minimum absolute atomic E-state index is 0.468. The number of hydrogen-bond acceptors (Lipinski definition) is 3. The van der Waals surface area contributed by atoms with Crippen LogP contribution in [0.1, 0.15) is 5.56 Å². The zero-order valence-corrected chi connectivity index (χ0v) is 14.0. The minimum Gasteiger partial charge on any atom is -0.490 e. The number of rotatable bonds is 6. The third-order valence-corrected chi connectivity index (χ3v) is 3.80. The van der Waals surface area contributed by atoms with Gasteiger partial charge in [-0.25, -0.2) is 0 Å². The van der Waals surface area contributed by atoms with Gasteiger partial charge in [0, 0.05) is 16.6 Å². The molecule has 0 amide bonds. The Morgan fingerprint density at radius 1 is 0.900 bits per heavy atom. The molecule has 106 valence electrons. The fourth-order valence-electron chi connectivity index (χ4n) is 1.71. The maximum absolute atomic E-state index is 5.68. The Morgan fingerprint density at radius 2 is 1.60 bits per heavy atom. The van der Waals surface area contributed by atoms with Crippen LogP contribution in [0.5, 0.6) is 11.5 Å². The number of nitrogens with two attached hydrogens (primary N) is 1. The Kier molecular flexibility index (Phi) is 5.88. The van der Waals surface area contributed by atoms with E-state index in [9.17, 15) is 0 Å². The van der Waals surface area contributed by atoms with Gasteiger partial charge < -0.3 is 15.2 Å². The van der Waals surface area contributed by atoms with Gasteiger partial charge in [-0.3, -0.25) is 0 Å². The van der Waals surface area contributed by atoms with Gasteiger partial charge in [-0.1, -0.05) is 34.1 Å². The molecule has 20 heavy (non-hydrogen) atoms. The van der Waals surface area contributed by atoms with Crippen LogP contribution in [-0.2, 0) is 6.54 Å². The predicted molar refractivity (Wildman–Crippen MR) is 87.2 cm³/mol. The summed E-state index contributed by atoms with van der Waals surface area (Å²) in [6.07, 6.45) is 0. The topological polar surface area (TPSA) is 44.5 Å². The van der Waals surface area contributed by atoms with Crippen molar-refractivity contribution in [2.75, 3.05) is 13.2 Å². The molecule has 2 rings (SSSR count). The summed E-state index contributed by atoms with van der Waals surface area (Å²) >= 11 is 6.86. The van der Waals surface area contributed by atoms with E-state index in [-0.39, 0.29) is 0 Å². The molecule has 2 aromatic carbocycles. The molecule has 0 heterocycles. The molecule has 0 radical (unpaired) electrons. The summed E-state index contributed by atoms with van der Waals surface area (Å²) in [5, 5.41) is 0. The number of hydrogen-bond donors (Lipinski definition) is 1. The molecule has 0 atom stereocenters. The monoisotopic (exact) mass is 399 g/mol. The Labute approximate surface area is 135 Å². The lowest BCUT2D eigenvalue weighted by atomic mass is 10.2. The predicted octanol–water partition coefficient (Wildman–Crippen LogP) is 4.13. The second-order valence-corrected chi connectivity index (χ2v) is 5.85. The van der Waals surface area contributed by atoms with Crippen molar-refractivity contribution in [2.24, 2.45) is 5.73 Å². The molecule has 3 nitrogen and oxygen atoms in total. The van der Waals surface area contributed by atoms with Crippen molar-refractivity contribution in [3.05, 3.63) is 57.0 Å². The van der Waals surface area contributed by atoms with E-state index in [4.69, 9.17) is 15.2 Å². The van der Waals surface area contributed by atoms with Crippen LogP contribution in [0.4, 0.5) is 0 Å². The van der Waals surface area contributed by atoms with E-state index in [2.05, 4.69) is 31.9 Å². The molecule has 0 bridgehead atoms. The van der Waals surface area contributed by atoms with Crippen molar-refractivity contribution in [2.45, 2.75) is 6.54 Å². The number of para-hydroxylation sites is 1. The minimum atomic E-state index is 0.468. The lowest BCUT2D eigenvalue weighted by Crippen LogP contribution is -2.11. The molecular formula is C15H15Br2NO2. The highest BCUT2D eigenvalue weighted by Crippen LogP contribution is 2.28. The van der Waals surface area contributed by atoms with Gasteiger partial charge in [0.05, 0.1) is 4.47 Å². The molecule has 2 N–H and O–H groups in total. The molecule has 2 aromatic rings. The van der Waals surface area contributed by atoms with Crippen LogP contribution >= 0.6 is 31.9 Å². The summed E-state index contributed by atoms with van der Waals surface area (Å²) in [5.41, 5.74) is 6.66. The summed E-state index contributed by atoms with van der Waals surface area (Å²) in [4.78, 5) is 0. The van der Waals surface area contributed by atoms with Gasteiger partial charge in [0.25, 0.3) is 0 Å². The van der Waals surface area contributed by atoms with E-state index in [1.54, 1.807) is 0 Å². The molecule has 0 saturated heterocycles. The lowest BCUT2D eigenvalue weighted by molar-refractivity contribution is 0.215. The fraction of sp³-hybridized carbons (Fsp3) is 0.200. The molecule has 0 aliphatic heterocycles. The van der Waals surface area contributed by atoms with Crippen LogP contribution in [0.15, 0.2) is 51.4 Å². The molecule has 0 fully saturated rings. The van der Waals surface area contributed by atoms with Crippen molar-refractivity contribution < 1.29 is 9.47 Å². The standard InChI is InChI=1S/C15H15Br2NO2/c16-12-5-6-15(13(17)9-12)20-8-7-19-14-4-2-1-3-11(14)10-18/h1-6,9H,7-8,10,18H2. The van der Waals surface area contributed by atoms with Crippen LogP contribution in [-0.4, -0.2) is 13.2 Å². The van der Waals surface area contributed by atoms with Gasteiger partial charge in [-0.2, -0.15) is 0 Å². The normalized spacial score (nSPS) is 10.3. The van der Waals surface area contributed by atoms with Crippen LogP contribution < -0.4 is 15.2 Å². The SMILES string of the molecule is NCc1ccccc1OCCOc1ccc(Br)cc1Br. The third-order valence-electron chi connectivity index (χ3n) is 2.68. The van der Waals surface area contributed by atoms with Crippen molar-refractivity contribution in [3.8, 4) is 11.5 Å². The summed E-state index contributed by atoms with van der Waals surface area (Å²) in [7, 11) is 0. The maximum atomic E-state index is 5.68. The zero-order valence-electron chi connectivity index (χ0n) is 10.8. The Bertz CT molecular complexity index is 576. The third kappa shape index (κ3) is 4.23. The van der Waals surface area contributed by atoms with E-state index in [0.29, 0.717) is 19.8 Å². The summed E-state index contributed by atoms with van der Waals surface area (Å²) in [6, 6.07) is 13.5. The molecular weight excluding hydrogens is 386 g/mol. The number of halogens is 2. The molecule has 0 saturated carbocycles. The number of benzene rings is 2. The second kappa shape index (κ2) is 7.67. The molecule has 0 spiro atoms. The van der Waals surface area contributed by atoms with Crippen molar-refractivity contribution in [3.63, 3.8) is 0 Å². The van der Waals surface area contributed by atoms with Crippen LogP contribution in [0.3, 0.4) is 0 Å². The van der Waals surface area contributed by atoms with Gasteiger partial charge in [-0.15, -0.1) is 0 Å². The van der Waals surface area contributed by atoms with Crippen LogP contribution in [0, 0.1) is 0 Å². The van der Waals surface area contributed by atoms with Gasteiger partial charge in [0.2, 0.25) is 0 Å². The first-order valence-corrected chi connectivity index (χ1v) is 7.78. The lowest BCUT2D eigenvalue weighted by Gasteiger charge is -2.12. The van der Waals surface area contributed by atoms with E-state index >= 15 is 0 Å². The van der Waals surface area contributed by atoms with E-state index in [1.165, 1.54) is 0 Å². The van der Waals surface area contributed by atoms with Crippen molar-refractivity contribution >= 4 is 31.9 Å². The highest BCUT2D eigenvalue weighted by atomic mass is 79.9. The molecule has 0 aromatic heterocycles. The molecule has 0 aliphatic carbocycles. The van der Waals surface area contributed by atoms with Gasteiger partial charge in [-0.05, 0) is 40.2 Å². The summed E-state index contributed by atoms with van der Waals surface area (Å²) in [6.45, 7) is 1.41. The van der Waals surface area contributed by atoms with Gasteiger partial charge in [0.1, 0.15) is 24.7 Å². The van der Waals surface area contributed by atoms with Gasteiger partial charge >= 0.3 is 0 Å². The molecule has 0 unspecified atom stereocenters. The average molecular weight is 401 g/mol. The molecule has 0 aliphatic rings. The van der Waals surface area contributed by atoms with Crippen molar-refractivity contribution in [1.82, 2.24) is 0 Å². The first-order chi connectivity index (χ1) is 9.70. The fourth-order valence-corrected chi connectivity index (χ4v) is 2.87. The van der Waals surface area contributed by atoms with E-state index < -0.39 is 0 Å². The smallest absolute Gasteiger partial charge is 0.133 e. The summed E-state index contributed by atoms with van der Waals surface area (Å²) < 4.78 is 13.3. The highest BCUT2D eigenvalue weighted by molar-refractivity contribution is 9.11.